The third-order valence-corrected chi connectivity index (χ3v) is 3.95. The summed E-state index contributed by atoms with van der Waals surface area (Å²) in [6.07, 6.45) is 1.73. The molecule has 5 heteroatoms. The van der Waals surface area contributed by atoms with E-state index in [1.54, 1.807) is 18.0 Å². The maximum absolute atomic E-state index is 6.06. The Morgan fingerprint density at radius 1 is 1.28 bits per heavy atom. The number of hydrogen-bond acceptors (Lipinski definition) is 3. The van der Waals surface area contributed by atoms with Crippen LogP contribution in [0.5, 0.6) is 0 Å². The minimum atomic E-state index is 0.633. The third-order valence-electron chi connectivity index (χ3n) is 2.21. The normalized spacial score (nSPS) is 10.3. The van der Waals surface area contributed by atoms with Crippen molar-refractivity contribution in [2.24, 2.45) is 0 Å². The van der Waals surface area contributed by atoms with Gasteiger partial charge in [0.25, 0.3) is 0 Å². The van der Waals surface area contributed by atoms with E-state index in [1.807, 2.05) is 24.3 Å². The van der Waals surface area contributed by atoms with Crippen molar-refractivity contribution in [1.29, 1.82) is 0 Å². The number of aromatic nitrogens is 1. The zero-order chi connectivity index (χ0) is 12.8. The smallest absolute Gasteiger partial charge is 0.144 e. The first kappa shape index (κ1) is 13.7. The molecule has 0 aliphatic carbocycles. The van der Waals surface area contributed by atoms with Crippen molar-refractivity contribution in [3.63, 3.8) is 0 Å². The molecule has 0 aliphatic heterocycles. The second-order valence-corrected chi connectivity index (χ2v) is 6.06. The minimum absolute atomic E-state index is 0.633. The Labute approximate surface area is 124 Å². The van der Waals surface area contributed by atoms with Crippen molar-refractivity contribution in [3.05, 3.63) is 52.1 Å². The highest BCUT2D eigenvalue weighted by atomic mass is 79.9. The molecule has 0 unspecified atom stereocenters. The summed E-state index contributed by atoms with van der Waals surface area (Å²) in [5, 5.41) is 3.86. The number of rotatable bonds is 5. The van der Waals surface area contributed by atoms with Crippen LogP contribution >= 0.6 is 39.3 Å². The van der Waals surface area contributed by atoms with Crippen LogP contribution in [0.1, 0.15) is 0 Å². The minimum Gasteiger partial charge on any atom is -0.368 e. The van der Waals surface area contributed by atoms with Crippen LogP contribution in [0.3, 0.4) is 0 Å². The lowest BCUT2D eigenvalue weighted by atomic mass is 10.4. The molecule has 0 fully saturated rings. The summed E-state index contributed by atoms with van der Waals surface area (Å²) in [6.45, 7) is 0.827. The SMILES string of the molecule is Clc1cc(Br)cnc1NCCSc1ccccc1. The topological polar surface area (TPSA) is 24.9 Å². The van der Waals surface area contributed by atoms with Crippen molar-refractivity contribution in [3.8, 4) is 0 Å². The summed E-state index contributed by atoms with van der Waals surface area (Å²) in [5.74, 6) is 1.70. The summed E-state index contributed by atoms with van der Waals surface area (Å²) in [6, 6.07) is 12.2. The molecule has 1 aromatic carbocycles. The second-order valence-electron chi connectivity index (χ2n) is 3.57. The molecule has 1 N–H and O–H groups in total. The zero-order valence-electron chi connectivity index (χ0n) is 9.57. The molecule has 1 heterocycles. The van der Waals surface area contributed by atoms with Crippen LogP contribution in [-0.4, -0.2) is 17.3 Å². The van der Waals surface area contributed by atoms with E-state index in [2.05, 4.69) is 38.4 Å². The fraction of sp³-hybridized carbons (Fsp3) is 0.154. The molecule has 2 nitrogen and oxygen atoms in total. The van der Waals surface area contributed by atoms with Gasteiger partial charge >= 0.3 is 0 Å². The van der Waals surface area contributed by atoms with Crippen LogP contribution < -0.4 is 5.32 Å². The highest BCUT2D eigenvalue weighted by Crippen LogP contribution is 2.23. The van der Waals surface area contributed by atoms with Crippen LogP contribution in [0.2, 0.25) is 5.02 Å². The van der Waals surface area contributed by atoms with E-state index < -0.39 is 0 Å². The molecule has 0 saturated heterocycles. The lowest BCUT2D eigenvalue weighted by Crippen LogP contribution is -2.05. The van der Waals surface area contributed by atoms with Gasteiger partial charge in [0.15, 0.2) is 0 Å². The maximum atomic E-state index is 6.06. The largest absolute Gasteiger partial charge is 0.368 e. The Morgan fingerprint density at radius 2 is 2.06 bits per heavy atom. The molecule has 2 aromatic rings. The van der Waals surface area contributed by atoms with Crippen LogP contribution in [0, 0.1) is 0 Å². The molecule has 1 aromatic heterocycles. The van der Waals surface area contributed by atoms with Crippen molar-refractivity contribution in [2.75, 3.05) is 17.6 Å². The first-order valence-corrected chi connectivity index (χ1v) is 7.64. The fourth-order valence-corrected chi connectivity index (χ4v) is 2.89. The molecule has 0 aliphatic rings. The molecular formula is C13H12BrClN2S. The van der Waals surface area contributed by atoms with Gasteiger partial charge < -0.3 is 5.32 Å². The number of pyridine rings is 1. The highest BCUT2D eigenvalue weighted by Gasteiger charge is 2.01. The quantitative estimate of drug-likeness (QED) is 0.629. The summed E-state index contributed by atoms with van der Waals surface area (Å²) in [7, 11) is 0. The van der Waals surface area contributed by atoms with E-state index in [0.29, 0.717) is 5.02 Å². The van der Waals surface area contributed by atoms with Crippen molar-refractivity contribution in [2.45, 2.75) is 4.90 Å². The van der Waals surface area contributed by atoms with E-state index in [9.17, 15) is 0 Å². The molecule has 94 valence electrons. The lowest BCUT2D eigenvalue weighted by Gasteiger charge is -2.07. The van der Waals surface area contributed by atoms with Gasteiger partial charge in [0.1, 0.15) is 5.82 Å². The van der Waals surface area contributed by atoms with Crippen LogP contribution in [0.25, 0.3) is 0 Å². The summed E-state index contributed by atoms with van der Waals surface area (Å²) < 4.78 is 0.886. The predicted octanol–water partition coefficient (Wildman–Crippen LogP) is 4.70. The van der Waals surface area contributed by atoms with Gasteiger partial charge in [0.2, 0.25) is 0 Å². The summed E-state index contributed by atoms with van der Waals surface area (Å²) in [5.41, 5.74) is 0. The molecule has 0 bridgehead atoms. The molecule has 2 rings (SSSR count). The molecule has 0 saturated carbocycles. The number of benzene rings is 1. The van der Waals surface area contributed by atoms with Gasteiger partial charge in [-0.05, 0) is 34.1 Å². The van der Waals surface area contributed by atoms with Gasteiger partial charge in [-0.25, -0.2) is 4.98 Å². The first-order valence-electron chi connectivity index (χ1n) is 5.48. The first-order chi connectivity index (χ1) is 8.75. The average Bonchev–Trinajstić information content (AvgIpc) is 2.38. The van der Waals surface area contributed by atoms with Gasteiger partial charge in [0.05, 0.1) is 5.02 Å². The van der Waals surface area contributed by atoms with E-state index in [-0.39, 0.29) is 0 Å². The number of hydrogen-bond donors (Lipinski definition) is 1. The molecule has 0 spiro atoms. The van der Waals surface area contributed by atoms with Crippen molar-refractivity contribution in [1.82, 2.24) is 4.98 Å². The van der Waals surface area contributed by atoms with E-state index in [1.165, 1.54) is 4.90 Å². The van der Waals surface area contributed by atoms with Crippen LogP contribution in [0.15, 0.2) is 52.0 Å². The molecule has 0 amide bonds. The Bertz CT molecular complexity index is 508. The summed E-state index contributed by atoms with van der Waals surface area (Å²) in [4.78, 5) is 5.50. The van der Waals surface area contributed by atoms with E-state index in [4.69, 9.17) is 11.6 Å². The van der Waals surface area contributed by atoms with Crippen LogP contribution in [-0.2, 0) is 0 Å². The Hall–Kier alpha value is -0.710. The number of halogens is 2. The lowest BCUT2D eigenvalue weighted by molar-refractivity contribution is 1.16. The fourth-order valence-electron chi connectivity index (χ4n) is 1.40. The average molecular weight is 344 g/mol. The number of nitrogens with one attached hydrogen (secondary N) is 1. The molecule has 0 radical (unpaired) electrons. The van der Waals surface area contributed by atoms with Crippen molar-refractivity contribution < 1.29 is 0 Å². The van der Waals surface area contributed by atoms with Crippen molar-refractivity contribution >= 4 is 45.1 Å². The van der Waals surface area contributed by atoms with Crippen LogP contribution in [0.4, 0.5) is 5.82 Å². The Balaban J connectivity index is 1.79. The highest BCUT2D eigenvalue weighted by molar-refractivity contribution is 9.10. The van der Waals surface area contributed by atoms with Gasteiger partial charge in [-0.1, -0.05) is 29.8 Å². The number of nitrogens with zero attached hydrogens (tertiary/aromatic N) is 1. The van der Waals surface area contributed by atoms with E-state index in [0.717, 1.165) is 22.6 Å². The predicted molar refractivity (Wildman–Crippen MR) is 82.6 cm³/mol. The standard InChI is InChI=1S/C13H12BrClN2S/c14-10-8-12(15)13(17-9-10)16-6-7-18-11-4-2-1-3-5-11/h1-5,8-9H,6-7H2,(H,16,17). The molecule has 0 atom stereocenters. The van der Waals surface area contributed by atoms with Gasteiger partial charge in [-0.3, -0.25) is 0 Å². The second kappa shape index (κ2) is 7.02. The van der Waals surface area contributed by atoms with Gasteiger partial charge in [-0.15, -0.1) is 11.8 Å². The molecular weight excluding hydrogens is 332 g/mol. The summed E-state index contributed by atoms with van der Waals surface area (Å²) >= 11 is 11.2. The zero-order valence-corrected chi connectivity index (χ0v) is 12.7. The number of anilines is 1. The van der Waals surface area contributed by atoms with Gasteiger partial charge in [0, 0.05) is 27.9 Å². The van der Waals surface area contributed by atoms with Gasteiger partial charge in [-0.2, -0.15) is 0 Å². The Morgan fingerprint density at radius 3 is 2.78 bits per heavy atom. The number of thioether (sulfide) groups is 1. The molecule has 18 heavy (non-hydrogen) atoms. The maximum Gasteiger partial charge on any atom is 0.144 e. The monoisotopic (exact) mass is 342 g/mol. The Kier molecular flexibility index (Phi) is 5.35. The van der Waals surface area contributed by atoms with E-state index >= 15 is 0 Å². The third kappa shape index (κ3) is 4.19.